The number of thiophene rings is 1. The number of para-hydroxylation sites is 1. The second kappa shape index (κ2) is 14.9. The lowest BCUT2D eigenvalue weighted by Gasteiger charge is -2.11. The quantitative estimate of drug-likeness (QED) is 0.161. The third-order valence-electron chi connectivity index (χ3n) is 11.8. The molecule has 0 atom stereocenters. The fourth-order valence-electron chi connectivity index (χ4n) is 8.71. The van der Waals surface area contributed by atoms with Crippen molar-refractivity contribution in [3.63, 3.8) is 0 Å². The van der Waals surface area contributed by atoms with Crippen LogP contribution in [-0.4, -0.2) is 15.0 Å². The average Bonchev–Trinajstić information content (AvgIpc) is 3.93. The summed E-state index contributed by atoms with van der Waals surface area (Å²) in [6.45, 7) is 0. The molecule has 12 aromatic rings. The van der Waals surface area contributed by atoms with Gasteiger partial charge in [-0.3, -0.25) is 0 Å². The molecule has 0 aliphatic heterocycles. The van der Waals surface area contributed by atoms with Crippen LogP contribution in [0.2, 0.25) is 0 Å². The van der Waals surface area contributed by atoms with E-state index in [4.69, 9.17) is 19.4 Å². The van der Waals surface area contributed by atoms with Gasteiger partial charge in [-0.1, -0.05) is 176 Å². The van der Waals surface area contributed by atoms with Gasteiger partial charge in [0.05, 0.1) is 0 Å². The lowest BCUT2D eigenvalue weighted by atomic mass is 9.96. The Labute approximate surface area is 362 Å². The summed E-state index contributed by atoms with van der Waals surface area (Å²) in [4.78, 5) is 15.5. The Morgan fingerprint density at radius 3 is 1.56 bits per heavy atom. The van der Waals surface area contributed by atoms with Gasteiger partial charge in [-0.15, -0.1) is 11.3 Å². The number of fused-ring (bicyclic) bond motifs is 6. The van der Waals surface area contributed by atoms with Crippen LogP contribution in [0.25, 0.3) is 121 Å². The predicted molar refractivity (Wildman–Crippen MR) is 258 cm³/mol. The lowest BCUT2D eigenvalue weighted by molar-refractivity contribution is 0.669. The Hall–Kier alpha value is -7.99. The van der Waals surface area contributed by atoms with Gasteiger partial charge in [0.15, 0.2) is 17.5 Å². The average molecular weight is 810 g/mol. The number of hydrogen-bond acceptors (Lipinski definition) is 5. The van der Waals surface area contributed by atoms with Gasteiger partial charge in [-0.2, -0.15) is 0 Å². The van der Waals surface area contributed by atoms with E-state index in [1.807, 2.05) is 36.4 Å². The molecule has 0 N–H and O–H groups in total. The molecule has 3 aromatic heterocycles. The molecule has 0 saturated carbocycles. The Kier molecular flexibility index (Phi) is 8.65. The number of rotatable bonds is 7. The summed E-state index contributed by atoms with van der Waals surface area (Å²) < 4.78 is 8.62. The van der Waals surface area contributed by atoms with Crippen LogP contribution in [-0.2, 0) is 0 Å². The van der Waals surface area contributed by atoms with Crippen LogP contribution < -0.4 is 0 Å². The van der Waals surface area contributed by atoms with Gasteiger partial charge in [-0.25, -0.2) is 15.0 Å². The first kappa shape index (κ1) is 35.9. The van der Waals surface area contributed by atoms with E-state index in [1.54, 1.807) is 11.3 Å². The summed E-state index contributed by atoms with van der Waals surface area (Å²) in [5.41, 5.74) is 14.0. The monoisotopic (exact) mass is 809 g/mol. The Morgan fingerprint density at radius 2 is 0.790 bits per heavy atom. The van der Waals surface area contributed by atoms with Crippen molar-refractivity contribution in [1.29, 1.82) is 0 Å². The maximum atomic E-state index is 6.21. The number of aromatic nitrogens is 3. The van der Waals surface area contributed by atoms with Crippen molar-refractivity contribution < 1.29 is 4.42 Å². The van der Waals surface area contributed by atoms with E-state index in [-0.39, 0.29) is 0 Å². The van der Waals surface area contributed by atoms with Gasteiger partial charge < -0.3 is 4.42 Å². The molecule has 0 aliphatic carbocycles. The maximum absolute atomic E-state index is 6.21. The summed E-state index contributed by atoms with van der Waals surface area (Å²) in [7, 11) is 0. The van der Waals surface area contributed by atoms with Crippen LogP contribution in [0, 0.1) is 0 Å². The Morgan fingerprint density at radius 1 is 0.290 bits per heavy atom. The first-order valence-corrected chi connectivity index (χ1v) is 21.6. The molecule has 0 unspecified atom stereocenters. The van der Waals surface area contributed by atoms with Crippen LogP contribution in [0.15, 0.2) is 217 Å². The molecule has 12 rings (SSSR count). The van der Waals surface area contributed by atoms with E-state index >= 15 is 0 Å². The third kappa shape index (κ3) is 6.35. The second-order valence-corrected chi connectivity index (χ2v) is 16.6. The molecule has 62 heavy (non-hydrogen) atoms. The van der Waals surface area contributed by atoms with E-state index in [0.29, 0.717) is 17.5 Å². The van der Waals surface area contributed by atoms with Crippen molar-refractivity contribution in [3.05, 3.63) is 212 Å². The van der Waals surface area contributed by atoms with Gasteiger partial charge >= 0.3 is 0 Å². The van der Waals surface area contributed by atoms with Gasteiger partial charge in [-0.05, 0) is 80.9 Å². The number of furan rings is 1. The van der Waals surface area contributed by atoms with Crippen molar-refractivity contribution in [3.8, 4) is 78.7 Å². The van der Waals surface area contributed by atoms with Crippen LogP contribution in [0.1, 0.15) is 0 Å². The zero-order valence-corrected chi connectivity index (χ0v) is 34.2. The highest BCUT2D eigenvalue weighted by atomic mass is 32.1. The molecule has 0 spiro atoms. The highest BCUT2D eigenvalue weighted by Gasteiger charge is 2.19. The maximum Gasteiger partial charge on any atom is 0.164 e. The van der Waals surface area contributed by atoms with Gasteiger partial charge in [0.25, 0.3) is 0 Å². The van der Waals surface area contributed by atoms with E-state index in [1.165, 1.54) is 42.6 Å². The Bertz CT molecular complexity index is 3610. The molecular formula is C57H35N3OS. The zero-order chi connectivity index (χ0) is 41.0. The van der Waals surface area contributed by atoms with Crippen molar-refractivity contribution in [2.45, 2.75) is 0 Å². The molecule has 0 fully saturated rings. The number of nitrogens with zero attached hydrogens (tertiary/aromatic N) is 3. The fraction of sp³-hybridized carbons (Fsp3) is 0. The van der Waals surface area contributed by atoms with Crippen molar-refractivity contribution >= 4 is 53.4 Å². The summed E-state index contributed by atoms with van der Waals surface area (Å²) in [5, 5.41) is 4.56. The third-order valence-corrected chi connectivity index (χ3v) is 12.9. The molecule has 4 nitrogen and oxygen atoms in total. The van der Waals surface area contributed by atoms with E-state index in [9.17, 15) is 0 Å². The fourth-order valence-corrected chi connectivity index (χ4v) is 9.83. The Balaban J connectivity index is 0.947. The molecular weight excluding hydrogens is 775 g/mol. The standard InChI is InChI=1S/C57H35N3OS/c1-3-12-36(13-4-1)37-24-26-38(27-25-37)42-16-9-17-43(34-42)44-32-33-51-48(35-44)54-47(20-11-23-52(54)62-51)57-59-55(40-14-5-2-6-15-40)58-56(60-57)41-30-28-39(29-31-41)45-19-10-22-50-53(45)46-18-7-8-21-49(46)61-50/h1-35H. The highest BCUT2D eigenvalue weighted by molar-refractivity contribution is 7.26. The summed E-state index contributed by atoms with van der Waals surface area (Å²) >= 11 is 1.80. The van der Waals surface area contributed by atoms with Crippen molar-refractivity contribution in [1.82, 2.24) is 15.0 Å². The second-order valence-electron chi connectivity index (χ2n) is 15.5. The minimum Gasteiger partial charge on any atom is -0.456 e. The number of benzene rings is 9. The van der Waals surface area contributed by atoms with Crippen LogP contribution in [0.3, 0.4) is 0 Å². The summed E-state index contributed by atoms with van der Waals surface area (Å²) in [6, 6.07) is 74.7. The van der Waals surface area contributed by atoms with Crippen LogP contribution in [0.4, 0.5) is 0 Å². The van der Waals surface area contributed by atoms with Crippen molar-refractivity contribution in [2.75, 3.05) is 0 Å². The van der Waals surface area contributed by atoms with E-state index in [0.717, 1.165) is 60.7 Å². The minimum atomic E-state index is 0.623. The SMILES string of the molecule is c1ccc(-c2ccc(-c3cccc(-c4ccc5sc6cccc(-c7nc(-c8ccccc8)nc(-c8ccc(-c9cccc%10oc%11ccccc%11c9%10)cc8)n7)c6c5c4)c3)cc2)cc1. The molecule has 3 heterocycles. The molecule has 9 aromatic carbocycles. The van der Waals surface area contributed by atoms with E-state index < -0.39 is 0 Å². The summed E-state index contributed by atoms with van der Waals surface area (Å²) in [5.74, 6) is 1.90. The largest absolute Gasteiger partial charge is 0.456 e. The van der Waals surface area contributed by atoms with Crippen molar-refractivity contribution in [2.24, 2.45) is 0 Å². The van der Waals surface area contributed by atoms with Gasteiger partial charge in [0, 0.05) is 47.6 Å². The normalized spacial score (nSPS) is 11.5. The topological polar surface area (TPSA) is 51.8 Å². The van der Waals surface area contributed by atoms with E-state index in [2.05, 4.69) is 176 Å². The smallest absolute Gasteiger partial charge is 0.164 e. The van der Waals surface area contributed by atoms with Gasteiger partial charge in [0.1, 0.15) is 11.2 Å². The molecule has 0 bridgehead atoms. The molecule has 290 valence electrons. The molecule has 0 radical (unpaired) electrons. The van der Waals surface area contributed by atoms with Crippen LogP contribution >= 0.6 is 11.3 Å². The first-order chi connectivity index (χ1) is 30.7. The minimum absolute atomic E-state index is 0.623. The highest BCUT2D eigenvalue weighted by Crippen LogP contribution is 2.42. The molecule has 0 aliphatic rings. The predicted octanol–water partition coefficient (Wildman–Crippen LogP) is 15.8. The lowest BCUT2D eigenvalue weighted by Crippen LogP contribution is -2.00. The molecule has 5 heteroatoms. The first-order valence-electron chi connectivity index (χ1n) is 20.7. The number of hydrogen-bond donors (Lipinski definition) is 0. The molecule has 0 amide bonds. The zero-order valence-electron chi connectivity index (χ0n) is 33.4. The van der Waals surface area contributed by atoms with Crippen LogP contribution in [0.5, 0.6) is 0 Å². The summed E-state index contributed by atoms with van der Waals surface area (Å²) in [6.07, 6.45) is 0. The van der Waals surface area contributed by atoms with Gasteiger partial charge in [0.2, 0.25) is 0 Å². The molecule has 0 saturated heterocycles.